The lowest BCUT2D eigenvalue weighted by atomic mass is 9.86. The molecule has 2 aromatic rings. The van der Waals surface area contributed by atoms with Gasteiger partial charge in [-0.25, -0.2) is 4.79 Å². The first-order chi connectivity index (χ1) is 13.5. The van der Waals surface area contributed by atoms with Gasteiger partial charge < -0.3 is 19.8 Å². The molecule has 0 spiro atoms. The second kappa shape index (κ2) is 9.44. The summed E-state index contributed by atoms with van der Waals surface area (Å²) in [5.41, 5.74) is 1.03. The van der Waals surface area contributed by atoms with Crippen LogP contribution in [0.2, 0.25) is 0 Å². The SMILES string of the molecule is C[C@@H]1CCCC[C@@H]1NC(=O)[C@@H](C)OC(=O)c1ccccc1NCc1ccco1. The van der Waals surface area contributed by atoms with Crippen LogP contribution in [0.1, 0.15) is 55.6 Å². The molecule has 0 bridgehead atoms. The Kier molecular flexibility index (Phi) is 6.74. The van der Waals surface area contributed by atoms with Gasteiger partial charge in [-0.05, 0) is 49.9 Å². The van der Waals surface area contributed by atoms with Gasteiger partial charge in [0.05, 0.1) is 18.4 Å². The van der Waals surface area contributed by atoms with Crippen LogP contribution >= 0.6 is 0 Å². The molecule has 150 valence electrons. The molecule has 3 atom stereocenters. The molecule has 1 aromatic heterocycles. The summed E-state index contributed by atoms with van der Waals surface area (Å²) in [7, 11) is 0. The number of ether oxygens (including phenoxy) is 1. The Bertz CT molecular complexity index is 788. The third-order valence-electron chi connectivity index (χ3n) is 5.27. The van der Waals surface area contributed by atoms with Crippen LogP contribution in [0.5, 0.6) is 0 Å². The van der Waals surface area contributed by atoms with E-state index in [-0.39, 0.29) is 11.9 Å². The maximum Gasteiger partial charge on any atom is 0.341 e. The minimum atomic E-state index is -0.847. The third-order valence-corrected chi connectivity index (χ3v) is 5.27. The molecule has 0 saturated heterocycles. The first kappa shape index (κ1) is 20.0. The van der Waals surface area contributed by atoms with E-state index in [0.29, 0.717) is 23.7 Å². The Morgan fingerprint density at radius 1 is 1.18 bits per heavy atom. The monoisotopic (exact) mass is 384 g/mol. The van der Waals surface area contributed by atoms with Crippen molar-refractivity contribution < 1.29 is 18.7 Å². The second-order valence-electron chi connectivity index (χ2n) is 7.40. The van der Waals surface area contributed by atoms with Gasteiger partial charge in [-0.15, -0.1) is 0 Å². The zero-order chi connectivity index (χ0) is 19.9. The summed E-state index contributed by atoms with van der Waals surface area (Å²) in [6.07, 6.45) is 5.18. The smallest absolute Gasteiger partial charge is 0.341 e. The molecule has 1 amide bonds. The van der Waals surface area contributed by atoms with Crippen molar-refractivity contribution in [3.8, 4) is 0 Å². The van der Waals surface area contributed by atoms with Crippen LogP contribution in [0.15, 0.2) is 47.1 Å². The predicted molar refractivity (Wildman–Crippen MR) is 107 cm³/mol. The highest BCUT2D eigenvalue weighted by Gasteiger charge is 2.27. The minimum absolute atomic E-state index is 0.157. The topological polar surface area (TPSA) is 80.6 Å². The molecule has 0 aliphatic heterocycles. The van der Waals surface area contributed by atoms with Crippen molar-refractivity contribution in [2.24, 2.45) is 5.92 Å². The summed E-state index contributed by atoms with van der Waals surface area (Å²) < 4.78 is 10.7. The van der Waals surface area contributed by atoms with E-state index in [1.54, 1.807) is 31.4 Å². The van der Waals surface area contributed by atoms with Crippen LogP contribution in [0.25, 0.3) is 0 Å². The number of benzene rings is 1. The highest BCUT2D eigenvalue weighted by Crippen LogP contribution is 2.24. The van der Waals surface area contributed by atoms with Gasteiger partial charge in [0, 0.05) is 11.7 Å². The average molecular weight is 384 g/mol. The van der Waals surface area contributed by atoms with E-state index in [4.69, 9.17) is 9.15 Å². The highest BCUT2D eigenvalue weighted by atomic mass is 16.5. The molecule has 1 heterocycles. The van der Waals surface area contributed by atoms with Crippen LogP contribution in [0.3, 0.4) is 0 Å². The number of amides is 1. The zero-order valence-electron chi connectivity index (χ0n) is 16.4. The molecule has 3 rings (SSSR count). The number of nitrogens with one attached hydrogen (secondary N) is 2. The maximum absolute atomic E-state index is 12.6. The molecule has 6 heteroatoms. The van der Waals surface area contributed by atoms with E-state index >= 15 is 0 Å². The zero-order valence-corrected chi connectivity index (χ0v) is 16.4. The fourth-order valence-corrected chi connectivity index (χ4v) is 3.52. The van der Waals surface area contributed by atoms with Gasteiger partial charge >= 0.3 is 5.97 Å². The standard InChI is InChI=1S/C22H28N2O4/c1-15-8-3-5-11-19(15)24-21(25)16(2)28-22(26)18-10-4-6-12-20(18)23-14-17-9-7-13-27-17/h4,6-7,9-10,12-13,15-16,19,23H,3,5,8,11,14H2,1-2H3,(H,24,25)/t15-,16-,19+/m1/s1. The number of rotatable bonds is 7. The molecular formula is C22H28N2O4. The number of hydrogen-bond acceptors (Lipinski definition) is 5. The first-order valence-corrected chi connectivity index (χ1v) is 9.91. The second-order valence-corrected chi connectivity index (χ2v) is 7.40. The Balaban J connectivity index is 1.58. The van der Waals surface area contributed by atoms with E-state index in [1.807, 2.05) is 18.2 Å². The average Bonchev–Trinajstić information content (AvgIpc) is 3.22. The fourth-order valence-electron chi connectivity index (χ4n) is 3.52. The summed E-state index contributed by atoms with van der Waals surface area (Å²) >= 11 is 0. The lowest BCUT2D eigenvalue weighted by Crippen LogP contribution is -2.46. The van der Waals surface area contributed by atoms with Crippen molar-refractivity contribution in [1.29, 1.82) is 0 Å². The van der Waals surface area contributed by atoms with Crippen molar-refractivity contribution in [2.45, 2.75) is 58.2 Å². The van der Waals surface area contributed by atoms with Gasteiger partial charge in [0.25, 0.3) is 5.91 Å². The molecule has 0 unspecified atom stereocenters. The number of carbonyl (C=O) groups is 2. The van der Waals surface area contributed by atoms with E-state index in [0.717, 1.165) is 25.0 Å². The molecule has 0 radical (unpaired) electrons. The van der Waals surface area contributed by atoms with Crippen LogP contribution in [-0.2, 0) is 16.1 Å². The van der Waals surface area contributed by atoms with Crippen molar-refractivity contribution in [3.63, 3.8) is 0 Å². The van der Waals surface area contributed by atoms with Crippen molar-refractivity contribution in [3.05, 3.63) is 54.0 Å². The molecular weight excluding hydrogens is 356 g/mol. The predicted octanol–water partition coefficient (Wildman–Crippen LogP) is 4.13. The number of furan rings is 1. The number of esters is 1. The summed E-state index contributed by atoms with van der Waals surface area (Å²) in [6, 6.07) is 10.9. The molecule has 1 saturated carbocycles. The van der Waals surface area contributed by atoms with Gasteiger partial charge in [0.15, 0.2) is 6.10 Å². The van der Waals surface area contributed by atoms with Crippen molar-refractivity contribution >= 4 is 17.6 Å². The van der Waals surface area contributed by atoms with Crippen LogP contribution in [0, 0.1) is 5.92 Å². The van der Waals surface area contributed by atoms with Crippen molar-refractivity contribution in [1.82, 2.24) is 5.32 Å². The Labute approximate surface area is 165 Å². The largest absolute Gasteiger partial charge is 0.467 e. The quantitative estimate of drug-likeness (QED) is 0.702. The fraction of sp³-hybridized carbons (Fsp3) is 0.455. The lowest BCUT2D eigenvalue weighted by molar-refractivity contribution is -0.130. The van der Waals surface area contributed by atoms with Crippen molar-refractivity contribution in [2.75, 3.05) is 5.32 Å². The lowest BCUT2D eigenvalue weighted by Gasteiger charge is -2.30. The first-order valence-electron chi connectivity index (χ1n) is 9.91. The van der Waals surface area contributed by atoms with Crippen LogP contribution in [0.4, 0.5) is 5.69 Å². The summed E-state index contributed by atoms with van der Waals surface area (Å²) in [6.45, 7) is 4.22. The molecule has 1 aromatic carbocycles. The highest BCUT2D eigenvalue weighted by molar-refractivity contribution is 5.97. The number of anilines is 1. The Morgan fingerprint density at radius 3 is 2.71 bits per heavy atom. The molecule has 28 heavy (non-hydrogen) atoms. The van der Waals surface area contributed by atoms with Crippen LogP contribution in [-0.4, -0.2) is 24.0 Å². The van der Waals surface area contributed by atoms with Gasteiger partial charge in [0.1, 0.15) is 5.76 Å². The molecule has 6 nitrogen and oxygen atoms in total. The number of carbonyl (C=O) groups excluding carboxylic acids is 2. The Hall–Kier alpha value is -2.76. The van der Waals surface area contributed by atoms with E-state index in [1.165, 1.54) is 6.42 Å². The summed E-state index contributed by atoms with van der Waals surface area (Å²) in [5.74, 6) is 0.444. The van der Waals surface area contributed by atoms with Crippen LogP contribution < -0.4 is 10.6 Å². The van der Waals surface area contributed by atoms with Gasteiger partial charge in [-0.1, -0.05) is 31.9 Å². The third kappa shape index (κ3) is 5.15. The van der Waals surface area contributed by atoms with Gasteiger partial charge in [-0.3, -0.25) is 4.79 Å². The number of para-hydroxylation sites is 1. The van der Waals surface area contributed by atoms with E-state index < -0.39 is 12.1 Å². The van der Waals surface area contributed by atoms with E-state index in [9.17, 15) is 9.59 Å². The molecule has 1 fully saturated rings. The van der Waals surface area contributed by atoms with Gasteiger partial charge in [-0.2, -0.15) is 0 Å². The number of hydrogen-bond donors (Lipinski definition) is 2. The summed E-state index contributed by atoms with van der Waals surface area (Å²) in [5, 5.41) is 6.21. The minimum Gasteiger partial charge on any atom is -0.467 e. The Morgan fingerprint density at radius 2 is 1.96 bits per heavy atom. The summed E-state index contributed by atoms with van der Waals surface area (Å²) in [4.78, 5) is 25.1. The molecule has 1 aliphatic carbocycles. The molecule has 2 N–H and O–H groups in total. The van der Waals surface area contributed by atoms with E-state index in [2.05, 4.69) is 17.6 Å². The normalized spacial score (nSPS) is 20.2. The van der Waals surface area contributed by atoms with Gasteiger partial charge in [0.2, 0.25) is 0 Å². The molecule has 1 aliphatic rings. The maximum atomic E-state index is 12.6.